The number of alkyl halides is 4. The van der Waals surface area contributed by atoms with E-state index in [1.807, 2.05) is 0 Å². The summed E-state index contributed by atoms with van der Waals surface area (Å²) in [5, 5.41) is -5.74. The van der Waals surface area contributed by atoms with Crippen molar-refractivity contribution in [3.63, 3.8) is 0 Å². The van der Waals surface area contributed by atoms with Gasteiger partial charge in [-0.25, -0.2) is 0 Å². The lowest BCUT2D eigenvalue weighted by atomic mass is 9.94. The fourth-order valence-electron chi connectivity index (χ4n) is 1.15. The second-order valence-electron chi connectivity index (χ2n) is 4.48. The third-order valence-electron chi connectivity index (χ3n) is 3.01. The summed E-state index contributed by atoms with van der Waals surface area (Å²) in [4.78, 5) is 11.4. The molecule has 0 aliphatic heterocycles. The minimum Gasteiger partial charge on any atom is -0.459 e. The van der Waals surface area contributed by atoms with E-state index in [-0.39, 0.29) is 5.92 Å². The molecule has 0 aromatic heterocycles. The van der Waals surface area contributed by atoms with Gasteiger partial charge in [0.1, 0.15) is 0 Å². The Hall–Kier alpha value is -0.900. The van der Waals surface area contributed by atoms with Crippen LogP contribution in [0.15, 0.2) is 0 Å². The largest absolute Gasteiger partial charge is 0.459 e. The smallest absolute Gasteiger partial charge is 0.435 e. The highest BCUT2D eigenvalue weighted by atomic mass is 32.2. The number of halogens is 4. The molecule has 0 bridgehead atoms. The molecule has 2 unspecified atom stereocenters. The van der Waals surface area contributed by atoms with Crippen molar-refractivity contribution in [3.05, 3.63) is 0 Å². The van der Waals surface area contributed by atoms with E-state index in [1.54, 1.807) is 13.8 Å². The van der Waals surface area contributed by atoms with Gasteiger partial charge in [0, 0.05) is 0 Å². The molecule has 5 nitrogen and oxygen atoms in total. The van der Waals surface area contributed by atoms with Gasteiger partial charge in [-0.2, -0.15) is 26.0 Å². The van der Waals surface area contributed by atoms with Crippen molar-refractivity contribution < 1.29 is 40.1 Å². The lowest BCUT2D eigenvalue weighted by molar-refractivity contribution is -0.199. The predicted octanol–water partition coefficient (Wildman–Crippen LogP) is 2.33. The molecule has 0 aliphatic carbocycles. The van der Waals surface area contributed by atoms with Crippen LogP contribution >= 0.6 is 0 Å². The number of esters is 1. The molecule has 0 aliphatic rings. The van der Waals surface area contributed by atoms with E-state index in [0.29, 0.717) is 6.42 Å². The number of carbonyl (C=O) groups is 1. The number of hydrogen-bond acceptors (Lipinski definition) is 4. The van der Waals surface area contributed by atoms with Gasteiger partial charge in [0.05, 0.1) is 5.92 Å². The highest BCUT2D eigenvalue weighted by molar-refractivity contribution is 7.87. The van der Waals surface area contributed by atoms with Crippen molar-refractivity contribution in [3.8, 4) is 0 Å². The molecule has 0 amide bonds. The highest BCUT2D eigenvalue weighted by Crippen LogP contribution is 2.38. The van der Waals surface area contributed by atoms with Crippen LogP contribution in [0.2, 0.25) is 0 Å². The van der Waals surface area contributed by atoms with Gasteiger partial charge in [0.25, 0.3) is 0 Å². The monoisotopic (exact) mass is 324 g/mol. The summed E-state index contributed by atoms with van der Waals surface area (Å²) in [5.74, 6) is -7.41. The summed E-state index contributed by atoms with van der Waals surface area (Å²) in [5.41, 5.74) is 0. The maximum atomic E-state index is 13.0. The van der Waals surface area contributed by atoms with E-state index in [4.69, 9.17) is 4.55 Å². The van der Waals surface area contributed by atoms with E-state index in [1.165, 1.54) is 6.92 Å². The van der Waals surface area contributed by atoms with Gasteiger partial charge in [0.15, 0.2) is 6.61 Å². The van der Waals surface area contributed by atoms with Crippen LogP contribution in [-0.2, 0) is 19.6 Å². The van der Waals surface area contributed by atoms with Crippen LogP contribution in [0.4, 0.5) is 17.6 Å². The molecule has 0 heterocycles. The first-order chi connectivity index (χ1) is 8.78. The summed E-state index contributed by atoms with van der Waals surface area (Å²) >= 11 is 0. The average molecular weight is 324 g/mol. The Bertz CT molecular complexity index is 449. The van der Waals surface area contributed by atoms with Gasteiger partial charge < -0.3 is 4.74 Å². The number of rotatable bonds is 7. The molecule has 0 rings (SSSR count). The van der Waals surface area contributed by atoms with Gasteiger partial charge in [-0.15, -0.1) is 0 Å². The first-order valence-electron chi connectivity index (χ1n) is 5.67. The molecule has 120 valence electrons. The summed E-state index contributed by atoms with van der Waals surface area (Å²) in [6, 6.07) is 0. The Morgan fingerprint density at radius 1 is 1.25 bits per heavy atom. The third-order valence-corrected chi connectivity index (χ3v) is 3.96. The van der Waals surface area contributed by atoms with Gasteiger partial charge >= 0.3 is 27.3 Å². The fraction of sp³-hybridized carbons (Fsp3) is 0.900. The van der Waals surface area contributed by atoms with Crippen LogP contribution in [0.5, 0.6) is 0 Å². The second-order valence-corrected chi connectivity index (χ2v) is 5.94. The lowest BCUT2D eigenvalue weighted by Crippen LogP contribution is -2.50. The molecule has 0 radical (unpaired) electrons. The van der Waals surface area contributed by atoms with Crippen LogP contribution in [0.1, 0.15) is 27.2 Å². The van der Waals surface area contributed by atoms with Gasteiger partial charge in [0.2, 0.25) is 0 Å². The highest BCUT2D eigenvalue weighted by Gasteiger charge is 2.66. The first kappa shape index (κ1) is 19.1. The molecular weight excluding hydrogens is 308 g/mol. The first-order valence-corrected chi connectivity index (χ1v) is 7.11. The van der Waals surface area contributed by atoms with Crippen LogP contribution < -0.4 is 0 Å². The van der Waals surface area contributed by atoms with Crippen LogP contribution in [0.25, 0.3) is 0 Å². The molecular formula is C10H16F4O5S. The maximum absolute atomic E-state index is 13.0. The zero-order valence-corrected chi connectivity index (χ0v) is 11.9. The average Bonchev–Trinajstić information content (AvgIpc) is 2.32. The number of ether oxygens (including phenoxy) is 1. The van der Waals surface area contributed by atoms with Crippen molar-refractivity contribution >= 4 is 16.1 Å². The SMILES string of the molecule is CCC(C)C(C)C(=O)OCC(F)(F)C(F)(F)S(=O)(=O)O. The molecule has 0 saturated carbocycles. The Labute approximate surface area is 114 Å². The number of carbonyl (C=O) groups excluding carboxylic acids is 1. The summed E-state index contributed by atoms with van der Waals surface area (Å²) in [6.45, 7) is 2.60. The van der Waals surface area contributed by atoms with Crippen molar-refractivity contribution in [2.24, 2.45) is 11.8 Å². The van der Waals surface area contributed by atoms with Crippen LogP contribution in [0.3, 0.4) is 0 Å². The summed E-state index contributed by atoms with van der Waals surface area (Å²) in [7, 11) is -6.32. The van der Waals surface area contributed by atoms with Crippen molar-refractivity contribution in [2.45, 2.75) is 38.4 Å². The van der Waals surface area contributed by atoms with E-state index < -0.39 is 39.8 Å². The lowest BCUT2D eigenvalue weighted by Gasteiger charge is -2.24. The molecule has 0 fully saturated rings. The molecule has 2 atom stereocenters. The zero-order chi connectivity index (χ0) is 16.4. The second kappa shape index (κ2) is 6.25. The summed E-state index contributed by atoms with van der Waals surface area (Å²) < 4.78 is 84.2. The van der Waals surface area contributed by atoms with E-state index in [0.717, 1.165) is 0 Å². The standard InChI is InChI=1S/C10H16F4O5S/c1-4-6(2)7(3)8(15)19-5-9(11,12)10(13,14)20(16,17)18/h6-7H,4-5H2,1-3H3,(H,16,17,18). The Kier molecular flexibility index (Phi) is 5.97. The maximum Gasteiger partial charge on any atom is 0.435 e. The topological polar surface area (TPSA) is 80.7 Å². The molecule has 0 spiro atoms. The molecule has 10 heteroatoms. The quantitative estimate of drug-likeness (QED) is 0.442. The number of hydrogen-bond donors (Lipinski definition) is 1. The molecule has 0 aromatic rings. The van der Waals surface area contributed by atoms with Crippen LogP contribution in [-0.4, -0.2) is 36.7 Å². The zero-order valence-electron chi connectivity index (χ0n) is 11.1. The van der Waals surface area contributed by atoms with Gasteiger partial charge in [-0.05, 0) is 5.92 Å². The minimum atomic E-state index is -6.32. The Morgan fingerprint density at radius 3 is 2.05 bits per heavy atom. The van der Waals surface area contributed by atoms with Crippen molar-refractivity contribution in [1.82, 2.24) is 0 Å². The predicted molar refractivity (Wildman–Crippen MR) is 61.0 cm³/mol. The third kappa shape index (κ3) is 4.05. The molecule has 20 heavy (non-hydrogen) atoms. The van der Waals surface area contributed by atoms with Crippen LogP contribution in [0, 0.1) is 11.8 Å². The Balaban J connectivity index is 4.86. The molecule has 0 saturated heterocycles. The van der Waals surface area contributed by atoms with E-state index in [9.17, 15) is 30.8 Å². The minimum absolute atomic E-state index is 0.224. The van der Waals surface area contributed by atoms with Gasteiger partial charge in [-0.3, -0.25) is 9.35 Å². The van der Waals surface area contributed by atoms with Crippen molar-refractivity contribution in [1.29, 1.82) is 0 Å². The normalized spacial score (nSPS) is 16.6. The van der Waals surface area contributed by atoms with E-state index >= 15 is 0 Å². The van der Waals surface area contributed by atoms with Crippen molar-refractivity contribution in [2.75, 3.05) is 6.61 Å². The summed E-state index contributed by atoms with van der Waals surface area (Å²) in [6.07, 6.45) is 0.536. The van der Waals surface area contributed by atoms with E-state index in [2.05, 4.69) is 4.74 Å². The van der Waals surface area contributed by atoms with Gasteiger partial charge in [-0.1, -0.05) is 27.2 Å². The Morgan fingerprint density at radius 2 is 1.70 bits per heavy atom. The molecule has 1 N–H and O–H groups in total. The fourth-order valence-corrected chi connectivity index (χ4v) is 1.59. The molecule has 0 aromatic carbocycles.